The molecular weight excluding hydrogens is 480 g/mol. The average molecular weight is 509 g/mol. The fourth-order valence-electron chi connectivity index (χ4n) is 4.67. The topological polar surface area (TPSA) is 97.6 Å². The zero-order chi connectivity index (χ0) is 26.5. The van der Waals surface area contributed by atoms with Crippen LogP contribution in [0.3, 0.4) is 0 Å². The van der Waals surface area contributed by atoms with Crippen LogP contribution in [0, 0.1) is 6.92 Å². The van der Waals surface area contributed by atoms with Gasteiger partial charge in [-0.3, -0.25) is 14.6 Å². The summed E-state index contributed by atoms with van der Waals surface area (Å²) in [5.41, 5.74) is 3.36. The molecule has 1 atom stereocenters. The molecule has 38 heavy (non-hydrogen) atoms. The molecule has 4 aromatic rings. The van der Waals surface area contributed by atoms with Crippen LogP contribution in [0.15, 0.2) is 97.4 Å². The molecule has 0 aliphatic carbocycles. The Hall–Kier alpha value is -4.72. The maximum absolute atomic E-state index is 13.2. The van der Waals surface area contributed by atoms with Crippen LogP contribution in [-0.4, -0.2) is 42.8 Å². The van der Waals surface area contributed by atoms with Gasteiger partial charge in [-0.15, -0.1) is 0 Å². The number of amides is 1. The number of pyridine rings is 1. The first-order chi connectivity index (χ1) is 18.5. The Morgan fingerprint density at radius 3 is 2.55 bits per heavy atom. The highest BCUT2D eigenvalue weighted by Crippen LogP contribution is 2.39. The first kappa shape index (κ1) is 25.0. The van der Waals surface area contributed by atoms with Gasteiger partial charge in [-0.05, 0) is 54.8 Å². The lowest BCUT2D eigenvalue weighted by molar-refractivity contribution is -0.139. The third-order valence-electron chi connectivity index (χ3n) is 6.53. The molecule has 2 aromatic heterocycles. The van der Waals surface area contributed by atoms with Crippen LogP contribution in [-0.2, 0) is 22.7 Å². The van der Waals surface area contributed by atoms with Gasteiger partial charge in [0.1, 0.15) is 18.1 Å². The second kappa shape index (κ2) is 11.1. The second-order valence-corrected chi connectivity index (χ2v) is 9.24. The van der Waals surface area contributed by atoms with Gasteiger partial charge in [0, 0.05) is 43.4 Å². The third kappa shape index (κ3) is 5.34. The molecule has 1 saturated heterocycles. The number of imidazole rings is 1. The molecule has 5 rings (SSSR count). The number of benzene rings is 2. The summed E-state index contributed by atoms with van der Waals surface area (Å²) in [5.74, 6) is -0.936. The molecule has 0 spiro atoms. The van der Waals surface area contributed by atoms with Gasteiger partial charge in [-0.2, -0.15) is 0 Å². The first-order valence-electron chi connectivity index (χ1n) is 12.4. The number of carbonyl (C=O) groups excluding carboxylic acids is 2. The van der Waals surface area contributed by atoms with E-state index in [-0.39, 0.29) is 11.3 Å². The van der Waals surface area contributed by atoms with Crippen LogP contribution in [0.2, 0.25) is 0 Å². The normalized spacial score (nSPS) is 16.7. The number of carbonyl (C=O) groups is 2. The van der Waals surface area contributed by atoms with Crippen LogP contribution in [0.4, 0.5) is 0 Å². The maximum Gasteiger partial charge on any atom is 0.295 e. The van der Waals surface area contributed by atoms with Crippen molar-refractivity contribution in [3.05, 3.63) is 120 Å². The number of aromatic nitrogens is 3. The zero-order valence-electron chi connectivity index (χ0n) is 21.0. The van der Waals surface area contributed by atoms with Gasteiger partial charge in [0.25, 0.3) is 11.7 Å². The van der Waals surface area contributed by atoms with E-state index in [4.69, 9.17) is 4.74 Å². The van der Waals surface area contributed by atoms with E-state index < -0.39 is 17.7 Å². The van der Waals surface area contributed by atoms with E-state index in [2.05, 4.69) is 16.0 Å². The number of ketones is 1. The van der Waals surface area contributed by atoms with Gasteiger partial charge in [-0.25, -0.2) is 4.98 Å². The Morgan fingerprint density at radius 1 is 1.00 bits per heavy atom. The van der Waals surface area contributed by atoms with Gasteiger partial charge in [0.2, 0.25) is 0 Å². The summed E-state index contributed by atoms with van der Waals surface area (Å²) in [7, 11) is 0. The van der Waals surface area contributed by atoms with E-state index in [1.165, 1.54) is 4.90 Å². The lowest BCUT2D eigenvalue weighted by atomic mass is 9.96. The summed E-state index contributed by atoms with van der Waals surface area (Å²) in [5, 5.41) is 11.3. The lowest BCUT2D eigenvalue weighted by Crippen LogP contribution is -2.31. The SMILES string of the molecule is Cc1cccc(COc2ccc(C(O)=C3C(=O)C(=O)N(CCCn4ccnc4)[C@@H]3c3cccnc3)cc2)c1. The minimum Gasteiger partial charge on any atom is -0.507 e. The molecule has 1 fully saturated rings. The number of likely N-dealkylation sites (tertiary alicyclic amines) is 1. The highest BCUT2D eigenvalue weighted by atomic mass is 16.5. The number of rotatable bonds is 9. The molecule has 8 heteroatoms. The summed E-state index contributed by atoms with van der Waals surface area (Å²) in [6.07, 6.45) is 9.12. The van der Waals surface area contributed by atoms with Gasteiger partial charge >= 0.3 is 0 Å². The van der Waals surface area contributed by atoms with Crippen LogP contribution < -0.4 is 4.74 Å². The number of aliphatic hydroxyl groups is 1. The van der Waals surface area contributed by atoms with Crippen molar-refractivity contribution in [3.8, 4) is 5.75 Å². The molecule has 192 valence electrons. The van der Waals surface area contributed by atoms with Crippen LogP contribution >= 0.6 is 0 Å². The molecule has 1 N–H and O–H groups in total. The van der Waals surface area contributed by atoms with Crippen LogP contribution in [0.25, 0.3) is 5.76 Å². The molecule has 2 aromatic carbocycles. The van der Waals surface area contributed by atoms with E-state index in [1.54, 1.807) is 55.2 Å². The third-order valence-corrected chi connectivity index (χ3v) is 6.53. The Labute approximate surface area is 220 Å². The largest absolute Gasteiger partial charge is 0.507 e. The monoisotopic (exact) mass is 508 g/mol. The van der Waals surface area contributed by atoms with Crippen molar-refractivity contribution in [2.45, 2.75) is 32.5 Å². The van der Waals surface area contributed by atoms with Gasteiger partial charge < -0.3 is 19.3 Å². The summed E-state index contributed by atoms with van der Waals surface area (Å²) in [4.78, 5) is 36.0. The van der Waals surface area contributed by atoms with Crippen molar-refractivity contribution >= 4 is 17.4 Å². The maximum atomic E-state index is 13.2. The molecule has 0 saturated carbocycles. The van der Waals surface area contributed by atoms with E-state index in [9.17, 15) is 14.7 Å². The van der Waals surface area contributed by atoms with Gasteiger partial charge in [0.15, 0.2) is 0 Å². The van der Waals surface area contributed by atoms with E-state index in [1.807, 2.05) is 42.0 Å². The molecule has 0 unspecified atom stereocenters. The Bertz CT molecular complexity index is 1450. The molecule has 1 amide bonds. The predicted molar refractivity (Wildman–Crippen MR) is 142 cm³/mol. The fraction of sp³-hybridized carbons (Fsp3) is 0.200. The number of hydrogen-bond donors (Lipinski definition) is 1. The first-order valence-corrected chi connectivity index (χ1v) is 12.4. The molecule has 1 aliphatic rings. The van der Waals surface area contributed by atoms with E-state index in [0.717, 1.165) is 11.1 Å². The number of aryl methyl sites for hydroxylation is 2. The van der Waals surface area contributed by atoms with Crippen molar-refractivity contribution in [2.24, 2.45) is 0 Å². The van der Waals surface area contributed by atoms with Crippen molar-refractivity contribution in [1.29, 1.82) is 0 Å². The van der Waals surface area contributed by atoms with E-state index in [0.29, 0.717) is 43.0 Å². The number of aliphatic hydroxyl groups excluding tert-OH is 1. The Balaban J connectivity index is 1.39. The summed E-state index contributed by atoms with van der Waals surface area (Å²) >= 11 is 0. The number of nitrogens with zero attached hydrogens (tertiary/aromatic N) is 4. The number of ether oxygens (including phenoxy) is 1. The molecule has 3 heterocycles. The minimum absolute atomic E-state index is 0.0547. The minimum atomic E-state index is -0.733. The highest BCUT2D eigenvalue weighted by Gasteiger charge is 2.45. The second-order valence-electron chi connectivity index (χ2n) is 9.24. The average Bonchev–Trinajstić information content (AvgIpc) is 3.55. The van der Waals surface area contributed by atoms with Crippen molar-refractivity contribution in [1.82, 2.24) is 19.4 Å². The summed E-state index contributed by atoms with van der Waals surface area (Å²) in [6.45, 7) is 3.43. The van der Waals surface area contributed by atoms with Crippen molar-refractivity contribution < 1.29 is 19.4 Å². The molecule has 0 bridgehead atoms. The zero-order valence-corrected chi connectivity index (χ0v) is 21.0. The van der Waals surface area contributed by atoms with Gasteiger partial charge in [-0.1, -0.05) is 35.9 Å². The van der Waals surface area contributed by atoms with Gasteiger partial charge in [0.05, 0.1) is 17.9 Å². The molecule has 0 radical (unpaired) electrons. The Kier molecular flexibility index (Phi) is 7.31. The quantitative estimate of drug-likeness (QED) is 0.200. The number of hydrogen-bond acceptors (Lipinski definition) is 6. The molecule has 8 nitrogen and oxygen atoms in total. The Morgan fingerprint density at radius 2 is 1.84 bits per heavy atom. The fourth-order valence-corrected chi connectivity index (χ4v) is 4.67. The smallest absolute Gasteiger partial charge is 0.295 e. The van der Waals surface area contributed by atoms with Crippen LogP contribution in [0.5, 0.6) is 5.75 Å². The lowest BCUT2D eigenvalue weighted by Gasteiger charge is -2.25. The highest BCUT2D eigenvalue weighted by molar-refractivity contribution is 6.46. The summed E-state index contributed by atoms with van der Waals surface area (Å²) < 4.78 is 7.80. The van der Waals surface area contributed by atoms with Crippen LogP contribution in [0.1, 0.15) is 34.7 Å². The van der Waals surface area contributed by atoms with Crippen molar-refractivity contribution in [2.75, 3.05) is 6.54 Å². The predicted octanol–water partition coefficient (Wildman–Crippen LogP) is 4.68. The molecule has 1 aliphatic heterocycles. The van der Waals surface area contributed by atoms with Crippen molar-refractivity contribution in [3.63, 3.8) is 0 Å². The molecular formula is C30H28N4O4. The van der Waals surface area contributed by atoms with E-state index >= 15 is 0 Å². The standard InChI is InChI=1S/C30H28N4O4/c1-21-5-2-6-22(17-21)19-38-25-10-8-23(9-11-25)28(35)26-27(24-7-3-12-31-18-24)34(30(37)29(26)36)15-4-14-33-16-13-32-20-33/h2-3,5-13,16-18,20,27,35H,4,14-15,19H2,1H3/t27-/m1/s1. The summed E-state index contributed by atoms with van der Waals surface area (Å²) in [6, 6.07) is 17.8. The number of Topliss-reactive ketones (excluding diaryl/α,β-unsaturated/α-hetero) is 1.